The molecular formula is C10H13Cl2N3S. The number of aromatic nitrogens is 1. The number of thioether (sulfide) groups is 1. The first kappa shape index (κ1) is 12.1. The molecule has 0 spiro atoms. The molecule has 6 heteroatoms. The molecule has 1 aliphatic rings. The Morgan fingerprint density at radius 2 is 2.25 bits per heavy atom. The number of halogens is 2. The van der Waals surface area contributed by atoms with E-state index < -0.39 is 0 Å². The van der Waals surface area contributed by atoms with E-state index in [1.54, 1.807) is 6.07 Å². The van der Waals surface area contributed by atoms with Crippen molar-refractivity contribution in [3.05, 3.63) is 16.1 Å². The minimum absolute atomic E-state index is 0.332. The molecule has 2 heterocycles. The molecule has 1 aromatic rings. The molecule has 1 fully saturated rings. The van der Waals surface area contributed by atoms with E-state index in [0.29, 0.717) is 21.9 Å². The summed E-state index contributed by atoms with van der Waals surface area (Å²) in [7, 11) is 2.00. The van der Waals surface area contributed by atoms with Crippen molar-refractivity contribution in [3.63, 3.8) is 0 Å². The molecule has 1 aliphatic heterocycles. The van der Waals surface area contributed by atoms with Crippen LogP contribution in [0.1, 0.15) is 6.42 Å². The van der Waals surface area contributed by atoms with Crippen molar-refractivity contribution in [2.45, 2.75) is 12.5 Å². The predicted molar refractivity (Wildman–Crippen MR) is 72.8 cm³/mol. The monoisotopic (exact) mass is 277 g/mol. The number of hydrogen-bond donors (Lipinski definition) is 1. The van der Waals surface area contributed by atoms with Gasteiger partial charge in [-0.15, -0.1) is 0 Å². The summed E-state index contributed by atoms with van der Waals surface area (Å²) in [5.41, 5.74) is 5.69. The van der Waals surface area contributed by atoms with Gasteiger partial charge in [0.05, 0.1) is 10.0 Å². The lowest BCUT2D eigenvalue weighted by Gasteiger charge is -2.26. The minimum Gasteiger partial charge on any atom is -0.382 e. The van der Waals surface area contributed by atoms with Gasteiger partial charge in [-0.25, -0.2) is 4.98 Å². The molecule has 1 saturated heterocycles. The molecule has 1 aromatic heterocycles. The van der Waals surface area contributed by atoms with Crippen LogP contribution in [-0.2, 0) is 0 Å². The number of nitrogens with zero attached hydrogens (tertiary/aromatic N) is 2. The normalized spacial score (nSPS) is 20.1. The largest absolute Gasteiger partial charge is 0.382 e. The van der Waals surface area contributed by atoms with E-state index >= 15 is 0 Å². The smallest absolute Gasteiger partial charge is 0.149 e. The van der Waals surface area contributed by atoms with E-state index in [-0.39, 0.29) is 0 Å². The van der Waals surface area contributed by atoms with Crippen molar-refractivity contribution in [3.8, 4) is 0 Å². The van der Waals surface area contributed by atoms with E-state index in [4.69, 9.17) is 28.9 Å². The molecule has 0 aromatic carbocycles. The molecule has 0 saturated carbocycles. The van der Waals surface area contributed by atoms with Crippen LogP contribution in [0.25, 0.3) is 0 Å². The van der Waals surface area contributed by atoms with E-state index in [9.17, 15) is 0 Å². The van der Waals surface area contributed by atoms with Crippen LogP contribution in [0.15, 0.2) is 6.07 Å². The molecule has 0 amide bonds. The molecule has 2 N–H and O–H groups in total. The lowest BCUT2D eigenvalue weighted by molar-refractivity contribution is 0.692. The van der Waals surface area contributed by atoms with Crippen LogP contribution in [-0.4, -0.2) is 29.6 Å². The van der Waals surface area contributed by atoms with Gasteiger partial charge < -0.3 is 10.6 Å². The maximum Gasteiger partial charge on any atom is 0.149 e. The third-order valence-corrected chi connectivity index (χ3v) is 4.45. The van der Waals surface area contributed by atoms with E-state index in [1.165, 1.54) is 5.75 Å². The Morgan fingerprint density at radius 3 is 2.88 bits per heavy atom. The molecule has 0 radical (unpaired) electrons. The lowest BCUT2D eigenvalue weighted by Crippen LogP contribution is -2.32. The average Bonchev–Trinajstić information content (AvgIpc) is 2.75. The lowest BCUT2D eigenvalue weighted by atomic mass is 10.2. The number of pyridine rings is 1. The quantitative estimate of drug-likeness (QED) is 0.903. The number of hydrogen-bond acceptors (Lipinski definition) is 4. The second-order valence-corrected chi connectivity index (χ2v) is 5.75. The van der Waals surface area contributed by atoms with Crippen molar-refractivity contribution >= 4 is 46.6 Å². The highest BCUT2D eigenvalue weighted by Crippen LogP contribution is 2.32. The summed E-state index contributed by atoms with van der Waals surface area (Å²) in [4.78, 5) is 6.34. The van der Waals surface area contributed by atoms with Gasteiger partial charge in [-0.3, -0.25) is 0 Å². The van der Waals surface area contributed by atoms with Gasteiger partial charge in [0.2, 0.25) is 0 Å². The standard InChI is InChI=1S/C10H13Cl2N3S/c1-15(6-2-3-16-5-6)10-8(12)4-7(11)9(13)14-10/h4,6H,2-3,5H2,1H3,(H2,13,14). The number of rotatable bonds is 2. The van der Waals surface area contributed by atoms with Gasteiger partial charge in [0.25, 0.3) is 0 Å². The van der Waals surface area contributed by atoms with Gasteiger partial charge in [-0.2, -0.15) is 11.8 Å². The van der Waals surface area contributed by atoms with Crippen molar-refractivity contribution in [2.75, 3.05) is 29.2 Å². The zero-order valence-electron chi connectivity index (χ0n) is 8.91. The molecule has 0 aliphatic carbocycles. The van der Waals surface area contributed by atoms with Crippen molar-refractivity contribution < 1.29 is 0 Å². The molecular weight excluding hydrogens is 265 g/mol. The van der Waals surface area contributed by atoms with Crippen molar-refractivity contribution in [2.24, 2.45) is 0 Å². The summed E-state index contributed by atoms with van der Waals surface area (Å²) in [6.07, 6.45) is 1.15. The first-order valence-corrected chi connectivity index (χ1v) is 6.92. The Hall–Kier alpha value is -0.320. The van der Waals surface area contributed by atoms with E-state index in [1.807, 2.05) is 18.8 Å². The maximum absolute atomic E-state index is 6.12. The van der Waals surface area contributed by atoms with Crippen molar-refractivity contribution in [1.82, 2.24) is 4.98 Å². The topological polar surface area (TPSA) is 42.2 Å². The molecule has 1 unspecified atom stereocenters. The second kappa shape index (κ2) is 4.90. The van der Waals surface area contributed by atoms with Crippen LogP contribution < -0.4 is 10.6 Å². The van der Waals surface area contributed by atoms with Gasteiger partial charge >= 0.3 is 0 Å². The minimum atomic E-state index is 0.332. The van der Waals surface area contributed by atoms with Gasteiger partial charge in [0.15, 0.2) is 0 Å². The van der Waals surface area contributed by atoms with Gasteiger partial charge in [-0.1, -0.05) is 23.2 Å². The van der Waals surface area contributed by atoms with Crippen molar-refractivity contribution in [1.29, 1.82) is 0 Å². The molecule has 3 nitrogen and oxygen atoms in total. The summed E-state index contributed by atoms with van der Waals surface area (Å²) in [5.74, 6) is 3.35. The van der Waals surface area contributed by atoms with Crippen LogP contribution >= 0.6 is 35.0 Å². The Balaban J connectivity index is 2.28. The van der Waals surface area contributed by atoms with Crippen LogP contribution in [0, 0.1) is 0 Å². The van der Waals surface area contributed by atoms with Crippen LogP contribution in [0.4, 0.5) is 11.6 Å². The van der Waals surface area contributed by atoms with Gasteiger partial charge in [0.1, 0.15) is 11.6 Å². The van der Waals surface area contributed by atoms with Gasteiger partial charge in [-0.05, 0) is 18.2 Å². The zero-order valence-corrected chi connectivity index (χ0v) is 11.2. The average molecular weight is 278 g/mol. The van der Waals surface area contributed by atoms with E-state index in [0.717, 1.165) is 18.0 Å². The van der Waals surface area contributed by atoms with Crippen LogP contribution in [0.5, 0.6) is 0 Å². The predicted octanol–water partition coefficient (Wildman–Crippen LogP) is 2.91. The molecule has 16 heavy (non-hydrogen) atoms. The molecule has 0 bridgehead atoms. The highest BCUT2D eigenvalue weighted by Gasteiger charge is 2.23. The molecule has 2 rings (SSSR count). The number of anilines is 2. The third kappa shape index (κ3) is 2.34. The molecule has 88 valence electrons. The molecule has 1 atom stereocenters. The summed E-state index contributed by atoms with van der Waals surface area (Å²) >= 11 is 13.9. The third-order valence-electron chi connectivity index (χ3n) is 2.73. The van der Waals surface area contributed by atoms with Crippen LogP contribution in [0.3, 0.4) is 0 Å². The Bertz CT molecular complexity index is 394. The number of nitrogens with two attached hydrogens (primary N) is 1. The maximum atomic E-state index is 6.12. The summed E-state index contributed by atoms with van der Waals surface area (Å²) < 4.78 is 0. The van der Waals surface area contributed by atoms with Gasteiger partial charge in [0, 0.05) is 18.8 Å². The second-order valence-electron chi connectivity index (χ2n) is 3.79. The summed E-state index contributed by atoms with van der Waals surface area (Å²) in [6, 6.07) is 2.13. The van der Waals surface area contributed by atoms with E-state index in [2.05, 4.69) is 9.88 Å². The summed E-state index contributed by atoms with van der Waals surface area (Å²) in [5, 5.41) is 0.960. The Kier molecular flexibility index (Phi) is 3.72. The SMILES string of the molecule is CN(c1nc(N)c(Cl)cc1Cl)C1CCSC1. The first-order chi connectivity index (χ1) is 7.59. The fraction of sp³-hybridized carbons (Fsp3) is 0.500. The fourth-order valence-corrected chi connectivity index (χ4v) is 3.48. The fourth-order valence-electron chi connectivity index (χ4n) is 1.72. The Morgan fingerprint density at radius 1 is 1.50 bits per heavy atom. The first-order valence-electron chi connectivity index (χ1n) is 5.01. The number of nitrogen functional groups attached to an aromatic ring is 1. The zero-order chi connectivity index (χ0) is 11.7. The Labute approximate surface area is 109 Å². The summed E-state index contributed by atoms with van der Waals surface area (Å²) in [6.45, 7) is 0. The highest BCUT2D eigenvalue weighted by atomic mass is 35.5. The highest BCUT2D eigenvalue weighted by molar-refractivity contribution is 7.99. The van der Waals surface area contributed by atoms with Crippen LogP contribution in [0.2, 0.25) is 10.0 Å².